The molecule has 1 aliphatic heterocycles. The van der Waals surface area contributed by atoms with Gasteiger partial charge in [-0.2, -0.15) is 0 Å². The molecule has 1 aliphatic rings. The van der Waals surface area contributed by atoms with Crippen LogP contribution in [0.3, 0.4) is 0 Å². The van der Waals surface area contributed by atoms with Crippen molar-refractivity contribution in [2.24, 2.45) is 0 Å². The molecule has 6 nitrogen and oxygen atoms in total. The number of carbonyl (C=O) groups excluding carboxylic acids is 1. The van der Waals surface area contributed by atoms with Crippen LogP contribution in [0.15, 0.2) is 45.6 Å². The minimum Gasteiger partial charge on any atom is -0.477 e. The Labute approximate surface area is 181 Å². The second kappa shape index (κ2) is 8.94. The third-order valence-corrected chi connectivity index (χ3v) is 5.95. The number of ether oxygens (including phenoxy) is 2. The lowest BCUT2D eigenvalue weighted by Crippen LogP contribution is -2.33. The standard InChI is InChI=1S/C25H27NO5/c1-16-20-12-19-14-26(11-7-10-18-8-5-4-6-9-18)15-30-23(19)17(2)24(20)31-25(28)21(16)13-22(27)29-3/h4-6,8-9,12H,7,10-11,13-15H2,1-3H3. The average Bonchev–Trinajstić information content (AvgIpc) is 2.78. The summed E-state index contributed by atoms with van der Waals surface area (Å²) in [7, 11) is 1.31. The molecule has 2 aromatic carbocycles. The molecule has 0 N–H and O–H groups in total. The SMILES string of the molecule is COC(=O)Cc1c(C)c2cc3c(c(C)c2oc1=O)OCN(CCCc1ccccc1)C3. The molecule has 4 rings (SSSR count). The van der Waals surface area contributed by atoms with Crippen molar-refractivity contribution in [3.8, 4) is 5.75 Å². The zero-order valence-corrected chi connectivity index (χ0v) is 18.2. The molecule has 6 heteroatoms. The first-order valence-electron chi connectivity index (χ1n) is 10.5. The second-order valence-electron chi connectivity index (χ2n) is 8.03. The van der Waals surface area contributed by atoms with Crippen molar-refractivity contribution in [1.82, 2.24) is 4.90 Å². The van der Waals surface area contributed by atoms with Gasteiger partial charge < -0.3 is 13.9 Å². The van der Waals surface area contributed by atoms with Gasteiger partial charge in [0, 0.05) is 29.6 Å². The summed E-state index contributed by atoms with van der Waals surface area (Å²) in [6.07, 6.45) is 1.98. The van der Waals surface area contributed by atoms with E-state index in [0.717, 1.165) is 53.8 Å². The van der Waals surface area contributed by atoms with Gasteiger partial charge in [-0.15, -0.1) is 0 Å². The van der Waals surface area contributed by atoms with Crippen molar-refractivity contribution in [3.05, 3.63) is 74.6 Å². The molecule has 0 atom stereocenters. The summed E-state index contributed by atoms with van der Waals surface area (Å²) in [5.41, 5.74) is 4.34. The predicted octanol–water partition coefficient (Wildman–Crippen LogP) is 3.91. The lowest BCUT2D eigenvalue weighted by Gasteiger charge is -2.30. The maximum Gasteiger partial charge on any atom is 0.340 e. The van der Waals surface area contributed by atoms with E-state index in [2.05, 4.69) is 29.2 Å². The van der Waals surface area contributed by atoms with Gasteiger partial charge >= 0.3 is 11.6 Å². The van der Waals surface area contributed by atoms with Gasteiger partial charge in [-0.1, -0.05) is 30.3 Å². The van der Waals surface area contributed by atoms with Gasteiger partial charge in [-0.3, -0.25) is 9.69 Å². The van der Waals surface area contributed by atoms with Crippen molar-refractivity contribution in [1.29, 1.82) is 0 Å². The van der Waals surface area contributed by atoms with Crippen molar-refractivity contribution in [2.75, 3.05) is 20.4 Å². The Morgan fingerprint density at radius 2 is 1.94 bits per heavy atom. The van der Waals surface area contributed by atoms with E-state index in [4.69, 9.17) is 13.9 Å². The highest BCUT2D eigenvalue weighted by molar-refractivity contribution is 5.88. The zero-order chi connectivity index (χ0) is 22.0. The fourth-order valence-corrected chi connectivity index (χ4v) is 4.21. The normalized spacial score (nSPS) is 13.6. The van der Waals surface area contributed by atoms with Gasteiger partial charge in [0.05, 0.1) is 19.1 Å². The van der Waals surface area contributed by atoms with Gasteiger partial charge in [0.1, 0.15) is 18.1 Å². The van der Waals surface area contributed by atoms with Crippen LogP contribution in [0.25, 0.3) is 11.0 Å². The van der Waals surface area contributed by atoms with Gasteiger partial charge in [0.2, 0.25) is 0 Å². The molecule has 0 saturated carbocycles. The molecule has 1 aromatic heterocycles. The highest BCUT2D eigenvalue weighted by atomic mass is 16.5. The summed E-state index contributed by atoms with van der Waals surface area (Å²) in [6.45, 7) is 5.98. The topological polar surface area (TPSA) is 69.0 Å². The van der Waals surface area contributed by atoms with Crippen LogP contribution in [0, 0.1) is 13.8 Å². The molecular weight excluding hydrogens is 394 g/mol. The van der Waals surface area contributed by atoms with Crippen LogP contribution in [0.5, 0.6) is 5.75 Å². The molecule has 0 aliphatic carbocycles. The van der Waals surface area contributed by atoms with Crippen molar-refractivity contribution >= 4 is 16.9 Å². The Morgan fingerprint density at radius 1 is 1.16 bits per heavy atom. The van der Waals surface area contributed by atoms with Crippen LogP contribution in [-0.4, -0.2) is 31.3 Å². The van der Waals surface area contributed by atoms with E-state index in [9.17, 15) is 9.59 Å². The van der Waals surface area contributed by atoms with Crippen molar-refractivity contribution in [2.45, 2.75) is 39.7 Å². The lowest BCUT2D eigenvalue weighted by molar-refractivity contribution is -0.139. The summed E-state index contributed by atoms with van der Waals surface area (Å²) in [6, 6.07) is 12.5. The monoisotopic (exact) mass is 421 g/mol. The van der Waals surface area contributed by atoms with Crippen LogP contribution >= 0.6 is 0 Å². The third-order valence-electron chi connectivity index (χ3n) is 5.95. The number of hydrogen-bond donors (Lipinski definition) is 0. The molecule has 162 valence electrons. The predicted molar refractivity (Wildman–Crippen MR) is 118 cm³/mol. The van der Waals surface area contributed by atoms with E-state index in [1.165, 1.54) is 12.7 Å². The molecule has 2 heterocycles. The van der Waals surface area contributed by atoms with E-state index in [1.54, 1.807) is 0 Å². The smallest absolute Gasteiger partial charge is 0.340 e. The van der Waals surface area contributed by atoms with Gasteiger partial charge in [0.25, 0.3) is 0 Å². The number of methoxy groups -OCH3 is 1. The number of esters is 1. The molecule has 0 amide bonds. The van der Waals surface area contributed by atoms with Crippen molar-refractivity contribution < 1.29 is 18.7 Å². The molecular formula is C25H27NO5. The first-order chi connectivity index (χ1) is 15.0. The minimum atomic E-state index is -0.503. The highest BCUT2D eigenvalue weighted by Crippen LogP contribution is 2.36. The molecule has 0 fully saturated rings. The maximum atomic E-state index is 12.5. The van der Waals surface area contributed by atoms with Crippen LogP contribution in [-0.2, 0) is 28.9 Å². The first-order valence-corrected chi connectivity index (χ1v) is 10.5. The van der Waals surface area contributed by atoms with Gasteiger partial charge in [-0.05, 0) is 43.9 Å². The quantitative estimate of drug-likeness (QED) is 0.444. The van der Waals surface area contributed by atoms with E-state index in [1.807, 2.05) is 26.0 Å². The van der Waals surface area contributed by atoms with E-state index in [0.29, 0.717) is 17.9 Å². The largest absolute Gasteiger partial charge is 0.477 e. The van der Waals surface area contributed by atoms with Gasteiger partial charge in [0.15, 0.2) is 0 Å². The lowest BCUT2D eigenvalue weighted by atomic mass is 9.97. The highest BCUT2D eigenvalue weighted by Gasteiger charge is 2.24. The fourth-order valence-electron chi connectivity index (χ4n) is 4.21. The number of aryl methyl sites for hydroxylation is 3. The zero-order valence-electron chi connectivity index (χ0n) is 18.2. The number of hydrogen-bond acceptors (Lipinski definition) is 6. The Balaban J connectivity index is 1.58. The Morgan fingerprint density at radius 3 is 2.68 bits per heavy atom. The Kier molecular flexibility index (Phi) is 6.09. The van der Waals surface area contributed by atoms with Crippen LogP contribution in [0.2, 0.25) is 0 Å². The number of fused-ring (bicyclic) bond motifs is 2. The van der Waals surface area contributed by atoms with E-state index >= 15 is 0 Å². The number of nitrogens with zero attached hydrogens (tertiary/aromatic N) is 1. The summed E-state index contributed by atoms with van der Waals surface area (Å²) < 4.78 is 16.4. The van der Waals surface area contributed by atoms with Crippen LogP contribution < -0.4 is 10.4 Å². The first kappa shape index (κ1) is 21.1. The molecule has 3 aromatic rings. The molecule has 0 unspecified atom stereocenters. The molecule has 0 saturated heterocycles. The van der Waals surface area contributed by atoms with Crippen LogP contribution in [0.4, 0.5) is 0 Å². The molecule has 0 spiro atoms. The summed E-state index contributed by atoms with van der Waals surface area (Å²) in [5.74, 6) is 0.326. The minimum absolute atomic E-state index is 0.0984. The second-order valence-corrected chi connectivity index (χ2v) is 8.03. The summed E-state index contributed by atoms with van der Waals surface area (Å²) in [4.78, 5) is 26.5. The molecule has 0 bridgehead atoms. The fraction of sp³-hybridized carbons (Fsp3) is 0.360. The van der Waals surface area contributed by atoms with E-state index in [-0.39, 0.29) is 6.42 Å². The summed E-state index contributed by atoms with van der Waals surface area (Å²) in [5, 5.41) is 0.837. The van der Waals surface area contributed by atoms with Gasteiger partial charge in [-0.25, -0.2) is 4.79 Å². The van der Waals surface area contributed by atoms with Crippen molar-refractivity contribution in [3.63, 3.8) is 0 Å². The Bertz CT molecular complexity index is 1170. The molecule has 31 heavy (non-hydrogen) atoms. The number of benzene rings is 2. The molecule has 0 radical (unpaired) electrons. The average molecular weight is 421 g/mol. The van der Waals surface area contributed by atoms with E-state index < -0.39 is 11.6 Å². The van der Waals surface area contributed by atoms with Crippen LogP contribution in [0.1, 0.15) is 34.2 Å². The Hall–Kier alpha value is -3.12. The number of rotatable bonds is 6. The number of carbonyl (C=O) groups is 1. The third kappa shape index (κ3) is 4.35. The summed E-state index contributed by atoms with van der Waals surface area (Å²) >= 11 is 0. The maximum absolute atomic E-state index is 12.5.